The van der Waals surface area contributed by atoms with Crippen LogP contribution < -0.4 is 0 Å². The summed E-state index contributed by atoms with van der Waals surface area (Å²) >= 11 is 5.86. The lowest BCUT2D eigenvalue weighted by atomic mass is 10.1. The summed E-state index contributed by atoms with van der Waals surface area (Å²) in [5, 5.41) is 4.22. The summed E-state index contributed by atoms with van der Waals surface area (Å²) in [6, 6.07) is 4.02. The zero-order chi connectivity index (χ0) is 17.1. The molecule has 1 aliphatic heterocycles. The smallest absolute Gasteiger partial charge is 0.256 e. The molecule has 8 heteroatoms. The van der Waals surface area contributed by atoms with E-state index >= 15 is 0 Å². The average molecular weight is 353 g/mol. The summed E-state index contributed by atoms with van der Waals surface area (Å²) in [5.41, 5.74) is 0.0143. The molecule has 0 saturated carbocycles. The summed E-state index contributed by atoms with van der Waals surface area (Å²) < 4.78 is 19.0. The Hall–Kier alpha value is -1.99. The number of carbonyl (C=O) groups is 1. The van der Waals surface area contributed by atoms with Gasteiger partial charge in [-0.2, -0.15) is 4.98 Å². The van der Waals surface area contributed by atoms with E-state index < -0.39 is 5.82 Å². The Morgan fingerprint density at radius 3 is 2.75 bits per heavy atom. The molecule has 1 aromatic heterocycles. The van der Waals surface area contributed by atoms with Gasteiger partial charge in [-0.25, -0.2) is 4.39 Å². The number of piperazine rings is 1. The number of nitrogens with zero attached hydrogens (tertiary/aromatic N) is 4. The van der Waals surface area contributed by atoms with E-state index in [1.807, 2.05) is 6.92 Å². The highest BCUT2D eigenvalue weighted by Gasteiger charge is 2.25. The van der Waals surface area contributed by atoms with Gasteiger partial charge in [0, 0.05) is 37.6 Å². The second-order valence-corrected chi connectivity index (χ2v) is 6.09. The van der Waals surface area contributed by atoms with Crippen LogP contribution in [-0.4, -0.2) is 52.0 Å². The Morgan fingerprint density at radius 2 is 2.08 bits per heavy atom. The third kappa shape index (κ3) is 3.73. The number of hydrogen-bond donors (Lipinski definition) is 0. The predicted octanol–water partition coefficient (Wildman–Crippen LogP) is 2.38. The van der Waals surface area contributed by atoms with Gasteiger partial charge in [0.2, 0.25) is 5.89 Å². The monoisotopic (exact) mass is 352 g/mol. The summed E-state index contributed by atoms with van der Waals surface area (Å²) in [4.78, 5) is 20.5. The summed E-state index contributed by atoms with van der Waals surface area (Å²) in [5.74, 6) is 0.383. The zero-order valence-electron chi connectivity index (χ0n) is 13.3. The van der Waals surface area contributed by atoms with Crippen molar-refractivity contribution in [1.29, 1.82) is 0 Å². The van der Waals surface area contributed by atoms with Crippen molar-refractivity contribution in [2.24, 2.45) is 0 Å². The van der Waals surface area contributed by atoms with Gasteiger partial charge in [-0.1, -0.05) is 23.7 Å². The van der Waals surface area contributed by atoms with Crippen molar-refractivity contribution in [3.05, 3.63) is 46.3 Å². The van der Waals surface area contributed by atoms with Crippen LogP contribution in [0, 0.1) is 5.82 Å². The number of carbonyl (C=O) groups excluding carboxylic acids is 1. The first-order valence-electron chi connectivity index (χ1n) is 7.85. The Morgan fingerprint density at radius 1 is 1.33 bits per heavy atom. The Balaban J connectivity index is 1.58. The summed E-state index contributed by atoms with van der Waals surface area (Å²) in [6.07, 6.45) is 0.733. The lowest BCUT2D eigenvalue weighted by molar-refractivity contribution is 0.0610. The molecule has 1 aromatic carbocycles. The molecule has 0 aliphatic carbocycles. The fraction of sp³-hybridized carbons (Fsp3) is 0.438. The van der Waals surface area contributed by atoms with Gasteiger partial charge in [0.1, 0.15) is 5.82 Å². The molecule has 0 N–H and O–H groups in total. The molecule has 24 heavy (non-hydrogen) atoms. The number of aromatic nitrogens is 2. The molecular weight excluding hydrogens is 335 g/mol. The maximum atomic E-state index is 13.8. The van der Waals surface area contributed by atoms with Crippen LogP contribution in [0.3, 0.4) is 0 Å². The van der Waals surface area contributed by atoms with Crippen LogP contribution in [0.1, 0.15) is 29.0 Å². The minimum Gasteiger partial charge on any atom is -0.338 e. The molecule has 0 bridgehead atoms. The maximum absolute atomic E-state index is 13.8. The van der Waals surface area contributed by atoms with Crippen molar-refractivity contribution in [1.82, 2.24) is 19.9 Å². The average Bonchev–Trinajstić information content (AvgIpc) is 3.05. The van der Waals surface area contributed by atoms with E-state index in [-0.39, 0.29) is 11.5 Å². The van der Waals surface area contributed by atoms with Crippen LogP contribution >= 0.6 is 11.6 Å². The van der Waals surface area contributed by atoms with Crippen molar-refractivity contribution in [3.8, 4) is 0 Å². The molecule has 1 aliphatic rings. The fourth-order valence-corrected chi connectivity index (χ4v) is 2.80. The highest BCUT2D eigenvalue weighted by atomic mass is 35.5. The van der Waals surface area contributed by atoms with Crippen molar-refractivity contribution >= 4 is 17.5 Å². The van der Waals surface area contributed by atoms with Crippen molar-refractivity contribution in [2.45, 2.75) is 19.9 Å². The van der Waals surface area contributed by atoms with Crippen molar-refractivity contribution < 1.29 is 13.7 Å². The Kier molecular flexibility index (Phi) is 5.11. The largest absolute Gasteiger partial charge is 0.338 e. The minimum absolute atomic E-state index is 0.0143. The molecule has 6 nitrogen and oxygen atoms in total. The molecule has 1 fully saturated rings. The van der Waals surface area contributed by atoms with E-state index in [1.165, 1.54) is 18.2 Å². The maximum Gasteiger partial charge on any atom is 0.256 e. The standard InChI is InChI=1S/C16H18ClFN4O2/c1-2-14-19-15(24-20-14)10-21-5-7-22(8-6-21)16(23)12-9-11(17)3-4-13(12)18/h3-4,9H,2,5-8,10H2,1H3. The summed E-state index contributed by atoms with van der Waals surface area (Å²) in [7, 11) is 0. The van der Waals surface area contributed by atoms with Crippen LogP contribution in [0.25, 0.3) is 0 Å². The van der Waals surface area contributed by atoms with E-state index in [0.29, 0.717) is 49.5 Å². The van der Waals surface area contributed by atoms with Crippen LogP contribution in [-0.2, 0) is 13.0 Å². The van der Waals surface area contributed by atoms with Gasteiger partial charge in [-0.3, -0.25) is 9.69 Å². The van der Waals surface area contributed by atoms with Gasteiger partial charge in [0.05, 0.1) is 12.1 Å². The van der Waals surface area contributed by atoms with Crippen LogP contribution in [0.15, 0.2) is 22.7 Å². The second-order valence-electron chi connectivity index (χ2n) is 5.65. The lowest BCUT2D eigenvalue weighted by Crippen LogP contribution is -2.48. The van der Waals surface area contributed by atoms with Crippen LogP contribution in [0.2, 0.25) is 5.02 Å². The topological polar surface area (TPSA) is 62.5 Å². The van der Waals surface area contributed by atoms with E-state index in [1.54, 1.807) is 4.90 Å². The zero-order valence-corrected chi connectivity index (χ0v) is 14.1. The first-order valence-corrected chi connectivity index (χ1v) is 8.22. The number of aryl methyl sites for hydroxylation is 1. The molecular formula is C16H18ClFN4O2. The van der Waals surface area contributed by atoms with Gasteiger partial charge < -0.3 is 9.42 Å². The van der Waals surface area contributed by atoms with Gasteiger partial charge in [-0.05, 0) is 18.2 Å². The van der Waals surface area contributed by atoms with Gasteiger partial charge in [0.25, 0.3) is 5.91 Å². The van der Waals surface area contributed by atoms with Crippen LogP contribution in [0.5, 0.6) is 0 Å². The summed E-state index contributed by atoms with van der Waals surface area (Å²) in [6.45, 7) is 4.88. The third-order valence-corrected chi connectivity index (χ3v) is 4.24. The van der Waals surface area contributed by atoms with Gasteiger partial charge >= 0.3 is 0 Å². The van der Waals surface area contributed by atoms with E-state index in [2.05, 4.69) is 15.0 Å². The third-order valence-electron chi connectivity index (χ3n) is 4.00. The first kappa shape index (κ1) is 16.9. The van der Waals surface area contributed by atoms with Crippen molar-refractivity contribution in [3.63, 3.8) is 0 Å². The van der Waals surface area contributed by atoms with Crippen molar-refractivity contribution in [2.75, 3.05) is 26.2 Å². The van der Waals surface area contributed by atoms with E-state index in [4.69, 9.17) is 16.1 Å². The van der Waals surface area contributed by atoms with Gasteiger partial charge in [0.15, 0.2) is 5.82 Å². The first-order chi connectivity index (χ1) is 11.6. The van der Waals surface area contributed by atoms with E-state index in [0.717, 1.165) is 6.42 Å². The number of rotatable bonds is 4. The highest BCUT2D eigenvalue weighted by molar-refractivity contribution is 6.31. The molecule has 1 saturated heterocycles. The molecule has 1 amide bonds. The number of amides is 1. The molecule has 0 radical (unpaired) electrons. The van der Waals surface area contributed by atoms with Crippen LogP contribution in [0.4, 0.5) is 4.39 Å². The van der Waals surface area contributed by atoms with Gasteiger partial charge in [-0.15, -0.1) is 0 Å². The molecule has 0 unspecified atom stereocenters. The normalized spacial score (nSPS) is 15.7. The molecule has 0 atom stereocenters. The predicted molar refractivity (Wildman–Crippen MR) is 86.3 cm³/mol. The fourth-order valence-electron chi connectivity index (χ4n) is 2.63. The molecule has 0 spiro atoms. The Labute approximate surface area is 144 Å². The molecule has 2 aromatic rings. The number of benzene rings is 1. The lowest BCUT2D eigenvalue weighted by Gasteiger charge is -2.34. The van der Waals surface area contributed by atoms with E-state index in [9.17, 15) is 9.18 Å². The minimum atomic E-state index is -0.551. The quantitative estimate of drug-likeness (QED) is 0.845. The molecule has 128 valence electrons. The Bertz CT molecular complexity index is 729. The number of hydrogen-bond acceptors (Lipinski definition) is 5. The molecule has 2 heterocycles. The second kappa shape index (κ2) is 7.27. The number of halogens is 2. The highest BCUT2D eigenvalue weighted by Crippen LogP contribution is 2.18. The molecule has 3 rings (SSSR count). The SMILES string of the molecule is CCc1noc(CN2CCN(C(=O)c3cc(Cl)ccc3F)CC2)n1.